The Kier molecular flexibility index (Phi) is 10.6. The molecule has 1 aromatic carbocycles. The van der Waals surface area contributed by atoms with Gasteiger partial charge in [-0.05, 0) is 64.0 Å². The summed E-state index contributed by atoms with van der Waals surface area (Å²) in [6.07, 6.45) is 11.8. The highest BCUT2D eigenvalue weighted by molar-refractivity contribution is 5.31. The van der Waals surface area contributed by atoms with E-state index in [1.54, 1.807) is 0 Å². The molecule has 2 aliphatic carbocycles. The van der Waals surface area contributed by atoms with Gasteiger partial charge in [0, 0.05) is 25.2 Å². The predicted molar refractivity (Wildman–Crippen MR) is 128 cm³/mol. The number of nitrogens with zero attached hydrogens (tertiary/aromatic N) is 2. The van der Waals surface area contributed by atoms with Crippen LogP contribution in [0.15, 0.2) is 24.3 Å². The number of hydrogen-bond donors (Lipinski definition) is 2. The number of rotatable bonds is 12. The van der Waals surface area contributed by atoms with Crippen molar-refractivity contribution < 1.29 is 19.7 Å². The second kappa shape index (κ2) is 13.4. The molecule has 0 spiro atoms. The van der Waals surface area contributed by atoms with Gasteiger partial charge < -0.3 is 29.5 Å². The first-order valence-corrected chi connectivity index (χ1v) is 12.6. The summed E-state index contributed by atoms with van der Waals surface area (Å²) in [5.41, 5.74) is 0. The molecule has 2 atom stereocenters. The Hall–Kier alpha value is -1.34. The zero-order chi connectivity index (χ0) is 22.8. The van der Waals surface area contributed by atoms with E-state index in [0.717, 1.165) is 0 Å². The molecule has 0 saturated heterocycles. The first kappa shape index (κ1) is 25.3. The molecule has 0 aliphatic heterocycles. The molecule has 2 fully saturated rings. The van der Waals surface area contributed by atoms with Crippen molar-refractivity contribution >= 4 is 0 Å². The molecule has 2 N–H and O–H groups in total. The lowest BCUT2D eigenvalue weighted by Crippen LogP contribution is -2.40. The van der Waals surface area contributed by atoms with Crippen molar-refractivity contribution in [1.29, 1.82) is 0 Å². The van der Waals surface area contributed by atoms with Crippen molar-refractivity contribution in [2.24, 2.45) is 0 Å². The molecule has 3 rings (SSSR count). The van der Waals surface area contributed by atoms with Crippen LogP contribution in [0.25, 0.3) is 0 Å². The van der Waals surface area contributed by atoms with Gasteiger partial charge in [0.2, 0.25) is 0 Å². The van der Waals surface area contributed by atoms with Crippen LogP contribution in [0.4, 0.5) is 0 Å². The minimum absolute atomic E-state index is 0.281. The van der Waals surface area contributed by atoms with Crippen LogP contribution in [0.3, 0.4) is 0 Å². The van der Waals surface area contributed by atoms with Gasteiger partial charge in [0.25, 0.3) is 0 Å². The highest BCUT2D eigenvalue weighted by Crippen LogP contribution is 2.23. The second-order valence-electron chi connectivity index (χ2n) is 9.86. The smallest absolute Gasteiger partial charge is 0.119 e. The maximum absolute atomic E-state index is 10.4. The van der Waals surface area contributed by atoms with Crippen LogP contribution in [-0.4, -0.2) is 84.7 Å². The van der Waals surface area contributed by atoms with E-state index in [9.17, 15) is 10.2 Å². The summed E-state index contributed by atoms with van der Waals surface area (Å²) < 4.78 is 11.5. The molecule has 0 amide bonds. The van der Waals surface area contributed by atoms with Gasteiger partial charge in [0.1, 0.15) is 36.9 Å². The van der Waals surface area contributed by atoms with Crippen LogP contribution in [-0.2, 0) is 0 Å². The average molecular weight is 449 g/mol. The topological polar surface area (TPSA) is 65.4 Å². The minimum Gasteiger partial charge on any atom is -0.491 e. The van der Waals surface area contributed by atoms with Crippen LogP contribution < -0.4 is 9.47 Å². The number of likely N-dealkylation sites (N-methyl/N-ethyl adjacent to an activating group) is 2. The van der Waals surface area contributed by atoms with Gasteiger partial charge in [0.05, 0.1) is 0 Å². The maximum Gasteiger partial charge on any atom is 0.119 e. The molecule has 1 aromatic rings. The molecule has 2 saturated carbocycles. The molecule has 32 heavy (non-hydrogen) atoms. The van der Waals surface area contributed by atoms with Gasteiger partial charge in [-0.2, -0.15) is 0 Å². The fourth-order valence-corrected chi connectivity index (χ4v) is 5.13. The van der Waals surface area contributed by atoms with E-state index in [1.165, 1.54) is 64.2 Å². The lowest BCUT2D eigenvalue weighted by molar-refractivity contribution is 0.0550. The van der Waals surface area contributed by atoms with E-state index in [0.29, 0.717) is 36.7 Å². The first-order valence-electron chi connectivity index (χ1n) is 12.6. The van der Waals surface area contributed by atoms with Gasteiger partial charge in [0.15, 0.2) is 0 Å². The van der Waals surface area contributed by atoms with E-state index < -0.39 is 12.2 Å². The summed E-state index contributed by atoms with van der Waals surface area (Å²) in [6, 6.07) is 8.60. The quantitative estimate of drug-likeness (QED) is 0.508. The van der Waals surface area contributed by atoms with Crippen molar-refractivity contribution in [2.45, 2.75) is 88.5 Å². The summed E-state index contributed by atoms with van der Waals surface area (Å²) in [6.45, 7) is 1.84. The normalized spacial score (nSPS) is 20.4. The Morgan fingerprint density at radius 2 is 1.03 bits per heavy atom. The molecule has 0 radical (unpaired) electrons. The summed E-state index contributed by atoms with van der Waals surface area (Å²) in [5, 5.41) is 20.7. The lowest BCUT2D eigenvalue weighted by Gasteiger charge is -2.32. The predicted octanol–water partition coefficient (Wildman–Crippen LogP) is 3.70. The van der Waals surface area contributed by atoms with Gasteiger partial charge in [-0.25, -0.2) is 0 Å². The average Bonchev–Trinajstić information content (AvgIpc) is 2.83. The van der Waals surface area contributed by atoms with Crippen LogP contribution in [0.5, 0.6) is 11.5 Å². The summed E-state index contributed by atoms with van der Waals surface area (Å²) in [7, 11) is 4.21. The monoisotopic (exact) mass is 448 g/mol. The third-order valence-electron chi connectivity index (χ3n) is 7.10. The number of benzene rings is 1. The molecule has 0 bridgehead atoms. The number of aliphatic hydroxyl groups is 2. The third-order valence-corrected chi connectivity index (χ3v) is 7.10. The highest BCUT2D eigenvalue weighted by Gasteiger charge is 2.21. The zero-order valence-corrected chi connectivity index (χ0v) is 20.1. The molecular formula is C26H44N2O4. The number of ether oxygens (including phenoxy) is 2. The van der Waals surface area contributed by atoms with E-state index in [-0.39, 0.29) is 13.2 Å². The second-order valence-corrected chi connectivity index (χ2v) is 9.86. The Balaban J connectivity index is 1.32. The Labute approximate surface area is 194 Å². The van der Waals surface area contributed by atoms with Crippen LogP contribution in [0.2, 0.25) is 0 Å². The van der Waals surface area contributed by atoms with E-state index in [4.69, 9.17) is 9.47 Å². The van der Waals surface area contributed by atoms with Gasteiger partial charge in [-0.15, -0.1) is 0 Å². The van der Waals surface area contributed by atoms with Crippen molar-refractivity contribution in [2.75, 3.05) is 40.4 Å². The SMILES string of the molecule is CN(C[C@H](O)COc1ccc(OC[C@@H](O)CN(C)C2CCCCC2)cc1)C1CCCCC1. The lowest BCUT2D eigenvalue weighted by atomic mass is 9.94. The first-order chi connectivity index (χ1) is 15.5. The summed E-state index contributed by atoms with van der Waals surface area (Å²) >= 11 is 0. The van der Waals surface area contributed by atoms with E-state index in [2.05, 4.69) is 23.9 Å². The fraction of sp³-hybridized carbons (Fsp3) is 0.769. The van der Waals surface area contributed by atoms with Crippen LogP contribution in [0, 0.1) is 0 Å². The molecule has 0 aromatic heterocycles. The van der Waals surface area contributed by atoms with Gasteiger partial charge in [-0.3, -0.25) is 0 Å². The molecular weight excluding hydrogens is 404 g/mol. The van der Waals surface area contributed by atoms with Crippen molar-refractivity contribution in [3.05, 3.63) is 24.3 Å². The Morgan fingerprint density at radius 1 is 0.688 bits per heavy atom. The van der Waals surface area contributed by atoms with E-state index in [1.807, 2.05) is 24.3 Å². The van der Waals surface area contributed by atoms with Gasteiger partial charge in [-0.1, -0.05) is 38.5 Å². The zero-order valence-electron chi connectivity index (χ0n) is 20.1. The molecule has 0 heterocycles. The summed E-state index contributed by atoms with van der Waals surface area (Å²) in [5.74, 6) is 1.43. The fourth-order valence-electron chi connectivity index (χ4n) is 5.13. The molecule has 2 aliphatic rings. The van der Waals surface area contributed by atoms with Crippen molar-refractivity contribution in [3.8, 4) is 11.5 Å². The maximum atomic E-state index is 10.4. The molecule has 6 nitrogen and oxygen atoms in total. The van der Waals surface area contributed by atoms with Crippen molar-refractivity contribution in [3.63, 3.8) is 0 Å². The number of aliphatic hydroxyl groups excluding tert-OH is 2. The third kappa shape index (κ3) is 8.54. The molecule has 182 valence electrons. The molecule has 6 heteroatoms. The largest absolute Gasteiger partial charge is 0.491 e. The van der Waals surface area contributed by atoms with Gasteiger partial charge >= 0.3 is 0 Å². The van der Waals surface area contributed by atoms with Crippen LogP contribution >= 0.6 is 0 Å². The molecule has 0 unspecified atom stereocenters. The minimum atomic E-state index is -0.505. The number of hydrogen-bond acceptors (Lipinski definition) is 6. The highest BCUT2D eigenvalue weighted by atomic mass is 16.5. The van der Waals surface area contributed by atoms with E-state index >= 15 is 0 Å². The van der Waals surface area contributed by atoms with Crippen molar-refractivity contribution in [1.82, 2.24) is 9.80 Å². The Morgan fingerprint density at radius 3 is 1.38 bits per heavy atom. The van der Waals surface area contributed by atoms with Crippen LogP contribution in [0.1, 0.15) is 64.2 Å². The Bertz CT molecular complexity index is 574. The summed E-state index contributed by atoms with van der Waals surface area (Å²) in [4.78, 5) is 4.56. The standard InChI is InChI=1S/C26H44N2O4/c1-27(21-9-5-3-6-10-21)17-23(29)19-31-25-13-15-26(16-14-25)32-20-24(30)18-28(2)22-11-7-4-8-12-22/h13-16,21-24,29-30H,3-12,17-20H2,1-2H3/t23-,24-/m0/s1.